The van der Waals surface area contributed by atoms with E-state index in [1.54, 1.807) is 0 Å². The number of anilines is 1. The highest BCUT2D eigenvalue weighted by molar-refractivity contribution is 5.30. The Kier molecular flexibility index (Phi) is 4.73. The zero-order valence-electron chi connectivity index (χ0n) is 13.9. The van der Waals surface area contributed by atoms with Crippen LogP contribution in [0, 0.1) is 0 Å². The van der Waals surface area contributed by atoms with Gasteiger partial charge in [-0.15, -0.1) is 0 Å². The standard InChI is InChI=1S/C17H27N5O/c1-2-4-22(5-3-1)17-18-10-15(11-19-17)12-20-13-16(14-20)21-6-8-23-9-7-21/h10-11,16H,1-9,12-14H2. The van der Waals surface area contributed by atoms with Gasteiger partial charge in [0, 0.05) is 69.8 Å². The maximum atomic E-state index is 5.43. The van der Waals surface area contributed by atoms with Crippen molar-refractivity contribution in [2.75, 3.05) is 57.4 Å². The molecule has 0 aromatic carbocycles. The Morgan fingerprint density at radius 1 is 0.957 bits per heavy atom. The summed E-state index contributed by atoms with van der Waals surface area (Å²) in [7, 11) is 0. The second kappa shape index (κ2) is 7.11. The molecule has 1 aromatic rings. The van der Waals surface area contributed by atoms with Crippen molar-refractivity contribution in [1.29, 1.82) is 0 Å². The molecule has 0 unspecified atom stereocenters. The van der Waals surface area contributed by atoms with E-state index >= 15 is 0 Å². The summed E-state index contributed by atoms with van der Waals surface area (Å²) in [6, 6.07) is 0.715. The molecule has 4 heterocycles. The first-order valence-corrected chi connectivity index (χ1v) is 8.98. The van der Waals surface area contributed by atoms with Crippen LogP contribution in [0.4, 0.5) is 5.95 Å². The number of likely N-dealkylation sites (tertiary alicyclic amines) is 1. The molecule has 0 bridgehead atoms. The van der Waals surface area contributed by atoms with Gasteiger partial charge in [-0.1, -0.05) is 0 Å². The van der Waals surface area contributed by atoms with Crippen molar-refractivity contribution in [3.05, 3.63) is 18.0 Å². The summed E-state index contributed by atoms with van der Waals surface area (Å²) in [6.45, 7) is 9.46. The fraction of sp³-hybridized carbons (Fsp3) is 0.765. The number of ether oxygens (including phenoxy) is 1. The first kappa shape index (κ1) is 15.3. The fourth-order valence-electron chi connectivity index (χ4n) is 3.79. The van der Waals surface area contributed by atoms with Crippen molar-refractivity contribution in [2.45, 2.75) is 31.8 Å². The summed E-state index contributed by atoms with van der Waals surface area (Å²) in [5.41, 5.74) is 1.23. The van der Waals surface area contributed by atoms with Gasteiger partial charge in [-0.05, 0) is 19.3 Å². The Bertz CT molecular complexity index is 490. The van der Waals surface area contributed by atoms with Crippen LogP contribution in [0.1, 0.15) is 24.8 Å². The lowest BCUT2D eigenvalue weighted by atomic mass is 10.1. The van der Waals surface area contributed by atoms with Crippen molar-refractivity contribution in [2.24, 2.45) is 0 Å². The molecular weight excluding hydrogens is 290 g/mol. The van der Waals surface area contributed by atoms with Crippen molar-refractivity contribution in [3.63, 3.8) is 0 Å². The third kappa shape index (κ3) is 3.65. The van der Waals surface area contributed by atoms with Crippen molar-refractivity contribution in [3.8, 4) is 0 Å². The number of hydrogen-bond donors (Lipinski definition) is 0. The Morgan fingerprint density at radius 3 is 2.35 bits per heavy atom. The number of piperidine rings is 1. The molecule has 0 aliphatic carbocycles. The fourth-order valence-corrected chi connectivity index (χ4v) is 3.79. The maximum absolute atomic E-state index is 5.43. The van der Waals surface area contributed by atoms with Crippen LogP contribution >= 0.6 is 0 Å². The minimum atomic E-state index is 0.715. The predicted molar refractivity (Wildman–Crippen MR) is 89.6 cm³/mol. The molecule has 0 radical (unpaired) electrons. The predicted octanol–water partition coefficient (Wildman–Crippen LogP) is 0.983. The molecule has 3 fully saturated rings. The van der Waals surface area contributed by atoms with Gasteiger partial charge < -0.3 is 9.64 Å². The number of nitrogens with zero attached hydrogens (tertiary/aromatic N) is 5. The van der Waals surface area contributed by atoms with Gasteiger partial charge in [0.2, 0.25) is 5.95 Å². The molecular formula is C17H27N5O. The molecule has 3 aliphatic heterocycles. The molecule has 23 heavy (non-hydrogen) atoms. The average molecular weight is 317 g/mol. The van der Waals surface area contributed by atoms with Crippen LogP contribution in [0.15, 0.2) is 12.4 Å². The Balaban J connectivity index is 1.25. The first-order valence-electron chi connectivity index (χ1n) is 8.98. The summed E-state index contributed by atoms with van der Waals surface area (Å²) < 4.78 is 5.43. The highest BCUT2D eigenvalue weighted by Gasteiger charge is 2.32. The molecule has 126 valence electrons. The third-order valence-corrected chi connectivity index (χ3v) is 5.24. The van der Waals surface area contributed by atoms with E-state index in [1.165, 1.54) is 24.8 Å². The number of hydrogen-bond acceptors (Lipinski definition) is 6. The quantitative estimate of drug-likeness (QED) is 0.825. The van der Waals surface area contributed by atoms with E-state index in [0.717, 1.165) is 65.0 Å². The van der Waals surface area contributed by atoms with Gasteiger partial charge in [-0.3, -0.25) is 9.80 Å². The van der Waals surface area contributed by atoms with Crippen molar-refractivity contribution in [1.82, 2.24) is 19.8 Å². The summed E-state index contributed by atoms with van der Waals surface area (Å²) in [6.07, 6.45) is 7.90. The molecule has 6 heteroatoms. The molecule has 3 saturated heterocycles. The second-order valence-electron chi connectivity index (χ2n) is 6.94. The summed E-state index contributed by atoms with van der Waals surface area (Å²) >= 11 is 0. The largest absolute Gasteiger partial charge is 0.379 e. The smallest absolute Gasteiger partial charge is 0.225 e. The third-order valence-electron chi connectivity index (χ3n) is 5.24. The van der Waals surface area contributed by atoms with Crippen LogP contribution in [-0.2, 0) is 11.3 Å². The molecule has 0 atom stereocenters. The van der Waals surface area contributed by atoms with Crippen LogP contribution < -0.4 is 4.90 Å². The molecule has 1 aromatic heterocycles. The van der Waals surface area contributed by atoms with E-state index in [-0.39, 0.29) is 0 Å². The lowest BCUT2D eigenvalue weighted by Gasteiger charge is -2.46. The minimum Gasteiger partial charge on any atom is -0.379 e. The second-order valence-corrected chi connectivity index (χ2v) is 6.94. The number of rotatable bonds is 4. The summed E-state index contributed by atoms with van der Waals surface area (Å²) in [4.78, 5) is 16.5. The van der Waals surface area contributed by atoms with Gasteiger partial charge in [0.15, 0.2) is 0 Å². The number of morpholine rings is 1. The SMILES string of the molecule is c1nc(N2CCCCC2)ncc1CN1CC(N2CCOCC2)C1. The molecule has 3 aliphatic rings. The zero-order valence-corrected chi connectivity index (χ0v) is 13.9. The zero-order chi connectivity index (χ0) is 15.5. The lowest BCUT2D eigenvalue weighted by molar-refractivity contribution is -0.0344. The van der Waals surface area contributed by atoms with Gasteiger partial charge in [-0.25, -0.2) is 9.97 Å². The van der Waals surface area contributed by atoms with Gasteiger partial charge in [-0.2, -0.15) is 0 Å². The number of aromatic nitrogens is 2. The summed E-state index contributed by atoms with van der Waals surface area (Å²) in [5, 5.41) is 0. The Labute approximate surface area is 138 Å². The first-order chi connectivity index (χ1) is 11.4. The average Bonchev–Trinajstić information content (AvgIpc) is 2.60. The molecule has 0 amide bonds. The van der Waals surface area contributed by atoms with E-state index in [0.29, 0.717) is 6.04 Å². The van der Waals surface area contributed by atoms with Gasteiger partial charge in [0.25, 0.3) is 0 Å². The van der Waals surface area contributed by atoms with Crippen molar-refractivity contribution < 1.29 is 4.74 Å². The van der Waals surface area contributed by atoms with Crippen LogP contribution in [-0.4, -0.2) is 78.3 Å². The molecule has 0 saturated carbocycles. The van der Waals surface area contributed by atoms with Gasteiger partial charge in [0.1, 0.15) is 0 Å². The van der Waals surface area contributed by atoms with Crippen LogP contribution in [0.5, 0.6) is 0 Å². The lowest BCUT2D eigenvalue weighted by Crippen LogP contribution is -2.60. The van der Waals surface area contributed by atoms with Crippen LogP contribution in [0.3, 0.4) is 0 Å². The molecule has 6 nitrogen and oxygen atoms in total. The normalized spacial score (nSPS) is 24.6. The monoisotopic (exact) mass is 317 g/mol. The van der Waals surface area contributed by atoms with E-state index in [1.807, 2.05) is 12.4 Å². The van der Waals surface area contributed by atoms with E-state index in [9.17, 15) is 0 Å². The molecule has 0 spiro atoms. The van der Waals surface area contributed by atoms with E-state index < -0.39 is 0 Å². The van der Waals surface area contributed by atoms with Gasteiger partial charge in [0.05, 0.1) is 13.2 Å². The highest BCUT2D eigenvalue weighted by atomic mass is 16.5. The van der Waals surface area contributed by atoms with Gasteiger partial charge >= 0.3 is 0 Å². The highest BCUT2D eigenvalue weighted by Crippen LogP contribution is 2.20. The molecule has 0 N–H and O–H groups in total. The minimum absolute atomic E-state index is 0.715. The van der Waals surface area contributed by atoms with E-state index in [2.05, 4.69) is 24.7 Å². The van der Waals surface area contributed by atoms with Crippen molar-refractivity contribution >= 4 is 5.95 Å². The molecule has 4 rings (SSSR count). The summed E-state index contributed by atoms with van der Waals surface area (Å²) in [5.74, 6) is 0.906. The van der Waals surface area contributed by atoms with Crippen LogP contribution in [0.2, 0.25) is 0 Å². The van der Waals surface area contributed by atoms with Crippen LogP contribution in [0.25, 0.3) is 0 Å². The Hall–Kier alpha value is -1.24. The maximum Gasteiger partial charge on any atom is 0.225 e. The topological polar surface area (TPSA) is 44.7 Å². The van der Waals surface area contributed by atoms with E-state index in [4.69, 9.17) is 4.74 Å². The Morgan fingerprint density at radius 2 is 1.65 bits per heavy atom.